The number of carbonyl (C=O) groups excluding carboxylic acids is 1. The van der Waals surface area contributed by atoms with Crippen LogP contribution in [0, 0.1) is 12.8 Å². The number of carbonyl (C=O) groups is 1. The van der Waals surface area contributed by atoms with E-state index in [1.165, 1.54) is 4.70 Å². The Kier molecular flexibility index (Phi) is 5.81. The monoisotopic (exact) mass is 380 g/mol. The normalized spacial score (nSPS) is 16.0. The SMILES string of the molecule is Cc1c(Cl)ccc2sc(N3CCN(CCNC(=O)C(C)C)CC3)nc12. The molecule has 5 nitrogen and oxygen atoms in total. The van der Waals surface area contributed by atoms with Crippen molar-refractivity contribution in [3.63, 3.8) is 0 Å². The topological polar surface area (TPSA) is 48.5 Å². The third kappa shape index (κ3) is 4.25. The minimum absolute atomic E-state index is 0.0489. The molecule has 1 aliphatic heterocycles. The lowest BCUT2D eigenvalue weighted by Gasteiger charge is -2.34. The maximum atomic E-state index is 11.6. The minimum atomic E-state index is 0.0489. The lowest BCUT2D eigenvalue weighted by molar-refractivity contribution is -0.124. The average Bonchev–Trinajstić information content (AvgIpc) is 3.03. The van der Waals surface area contributed by atoms with Crippen molar-refractivity contribution in [3.05, 3.63) is 22.7 Å². The van der Waals surface area contributed by atoms with Crippen LogP contribution in [0.1, 0.15) is 19.4 Å². The molecule has 1 amide bonds. The Balaban J connectivity index is 1.54. The number of aryl methyl sites for hydroxylation is 1. The third-order valence-corrected chi connectivity index (χ3v) is 6.12. The van der Waals surface area contributed by atoms with Crippen LogP contribution in [0.15, 0.2) is 12.1 Å². The number of amides is 1. The van der Waals surface area contributed by atoms with E-state index in [0.29, 0.717) is 0 Å². The van der Waals surface area contributed by atoms with Crippen molar-refractivity contribution in [3.8, 4) is 0 Å². The molecule has 0 spiro atoms. The van der Waals surface area contributed by atoms with Crippen LogP contribution in [0.3, 0.4) is 0 Å². The van der Waals surface area contributed by atoms with Gasteiger partial charge in [0.15, 0.2) is 5.13 Å². The molecule has 2 aromatic rings. The van der Waals surface area contributed by atoms with Gasteiger partial charge in [-0.2, -0.15) is 0 Å². The van der Waals surface area contributed by atoms with Gasteiger partial charge in [-0.1, -0.05) is 36.8 Å². The minimum Gasteiger partial charge on any atom is -0.355 e. The van der Waals surface area contributed by atoms with Crippen LogP contribution < -0.4 is 10.2 Å². The van der Waals surface area contributed by atoms with Crippen LogP contribution in [0.2, 0.25) is 5.02 Å². The van der Waals surface area contributed by atoms with Crippen LogP contribution >= 0.6 is 22.9 Å². The number of aromatic nitrogens is 1. The summed E-state index contributed by atoms with van der Waals surface area (Å²) in [5.41, 5.74) is 2.08. The van der Waals surface area contributed by atoms with E-state index in [-0.39, 0.29) is 11.8 Å². The van der Waals surface area contributed by atoms with Crippen molar-refractivity contribution >= 4 is 44.2 Å². The molecule has 0 bridgehead atoms. The molecule has 1 fully saturated rings. The first kappa shape index (κ1) is 18.4. The maximum Gasteiger partial charge on any atom is 0.222 e. The molecule has 1 aromatic carbocycles. The number of anilines is 1. The molecule has 0 saturated carbocycles. The molecule has 2 heterocycles. The van der Waals surface area contributed by atoms with E-state index in [9.17, 15) is 4.79 Å². The summed E-state index contributed by atoms with van der Waals surface area (Å²) in [4.78, 5) is 21.2. The molecule has 1 saturated heterocycles. The average molecular weight is 381 g/mol. The highest BCUT2D eigenvalue weighted by Gasteiger charge is 2.20. The van der Waals surface area contributed by atoms with Crippen LogP contribution in [0.4, 0.5) is 5.13 Å². The van der Waals surface area contributed by atoms with E-state index in [2.05, 4.69) is 21.2 Å². The van der Waals surface area contributed by atoms with Gasteiger partial charge in [0.25, 0.3) is 0 Å². The van der Waals surface area contributed by atoms with E-state index >= 15 is 0 Å². The Morgan fingerprint density at radius 3 is 2.72 bits per heavy atom. The molecule has 25 heavy (non-hydrogen) atoms. The van der Waals surface area contributed by atoms with Gasteiger partial charge in [0.2, 0.25) is 5.91 Å². The standard InChI is InChI=1S/C18H25ClN4OS/c1-12(2)17(24)20-6-7-22-8-10-23(11-9-22)18-21-16-13(3)14(19)4-5-15(16)25-18/h4-5,12H,6-11H2,1-3H3,(H,20,24). The second-order valence-corrected chi connectivity index (χ2v) is 8.21. The molecule has 7 heteroatoms. The first-order chi connectivity index (χ1) is 12.0. The van der Waals surface area contributed by atoms with E-state index in [1.54, 1.807) is 11.3 Å². The molecule has 0 atom stereocenters. The van der Waals surface area contributed by atoms with Gasteiger partial charge in [-0.05, 0) is 24.6 Å². The zero-order valence-electron chi connectivity index (χ0n) is 15.0. The number of hydrogen-bond acceptors (Lipinski definition) is 5. The van der Waals surface area contributed by atoms with E-state index in [4.69, 9.17) is 16.6 Å². The van der Waals surface area contributed by atoms with E-state index < -0.39 is 0 Å². The number of thiazole rings is 1. The number of rotatable bonds is 5. The van der Waals surface area contributed by atoms with Crippen molar-refractivity contribution in [1.82, 2.24) is 15.2 Å². The Bertz CT molecular complexity index is 753. The van der Waals surface area contributed by atoms with Crippen LogP contribution in [0.5, 0.6) is 0 Å². The molecular formula is C18H25ClN4OS. The van der Waals surface area contributed by atoms with E-state index in [0.717, 1.165) is 60.5 Å². The molecule has 0 unspecified atom stereocenters. The molecule has 0 radical (unpaired) electrons. The summed E-state index contributed by atoms with van der Waals surface area (Å²) >= 11 is 7.94. The highest BCUT2D eigenvalue weighted by molar-refractivity contribution is 7.22. The van der Waals surface area contributed by atoms with Crippen molar-refractivity contribution in [2.24, 2.45) is 5.92 Å². The van der Waals surface area contributed by atoms with Gasteiger partial charge in [0.05, 0.1) is 10.2 Å². The van der Waals surface area contributed by atoms with Crippen molar-refractivity contribution in [2.75, 3.05) is 44.2 Å². The Morgan fingerprint density at radius 2 is 2.04 bits per heavy atom. The molecule has 1 aromatic heterocycles. The highest BCUT2D eigenvalue weighted by Crippen LogP contribution is 2.33. The fourth-order valence-electron chi connectivity index (χ4n) is 2.93. The number of fused-ring (bicyclic) bond motifs is 1. The summed E-state index contributed by atoms with van der Waals surface area (Å²) in [5, 5.41) is 4.84. The van der Waals surface area contributed by atoms with Gasteiger partial charge >= 0.3 is 0 Å². The second kappa shape index (κ2) is 7.89. The number of nitrogens with one attached hydrogen (secondary N) is 1. The predicted octanol–water partition coefficient (Wildman–Crippen LogP) is 3.15. The molecule has 3 rings (SSSR count). The van der Waals surface area contributed by atoms with Crippen molar-refractivity contribution in [2.45, 2.75) is 20.8 Å². The fraction of sp³-hybridized carbons (Fsp3) is 0.556. The fourth-order valence-corrected chi connectivity index (χ4v) is 4.16. The number of hydrogen-bond donors (Lipinski definition) is 1. The third-order valence-electron chi connectivity index (χ3n) is 4.63. The van der Waals surface area contributed by atoms with Gasteiger partial charge < -0.3 is 10.2 Å². The van der Waals surface area contributed by atoms with Gasteiger partial charge in [-0.25, -0.2) is 4.98 Å². The van der Waals surface area contributed by atoms with E-state index in [1.807, 2.05) is 26.8 Å². The largest absolute Gasteiger partial charge is 0.355 e. The summed E-state index contributed by atoms with van der Waals surface area (Å²) in [5.74, 6) is 0.176. The van der Waals surface area contributed by atoms with Crippen LogP contribution in [-0.2, 0) is 4.79 Å². The van der Waals surface area contributed by atoms with Gasteiger partial charge in [0, 0.05) is 50.2 Å². The summed E-state index contributed by atoms with van der Waals surface area (Å²) < 4.78 is 1.19. The van der Waals surface area contributed by atoms with Crippen LogP contribution in [-0.4, -0.2) is 55.1 Å². The number of benzene rings is 1. The summed E-state index contributed by atoms with van der Waals surface area (Å²) in [6.07, 6.45) is 0. The van der Waals surface area contributed by atoms with Gasteiger partial charge in [-0.15, -0.1) is 0 Å². The maximum absolute atomic E-state index is 11.6. The molecule has 136 valence electrons. The van der Waals surface area contributed by atoms with Crippen LogP contribution in [0.25, 0.3) is 10.2 Å². The number of halogens is 1. The van der Waals surface area contributed by atoms with Crippen molar-refractivity contribution < 1.29 is 4.79 Å². The molecule has 0 aliphatic carbocycles. The Morgan fingerprint density at radius 1 is 1.32 bits per heavy atom. The summed E-state index contributed by atoms with van der Waals surface area (Å²) in [7, 11) is 0. The zero-order valence-corrected chi connectivity index (χ0v) is 16.6. The Labute approximate surface area is 158 Å². The quantitative estimate of drug-likeness (QED) is 0.865. The van der Waals surface area contributed by atoms with Gasteiger partial charge in [0.1, 0.15) is 0 Å². The molecular weight excluding hydrogens is 356 g/mol. The first-order valence-corrected chi connectivity index (χ1v) is 9.96. The smallest absolute Gasteiger partial charge is 0.222 e. The van der Waals surface area contributed by atoms with Gasteiger partial charge in [-0.3, -0.25) is 9.69 Å². The highest BCUT2D eigenvalue weighted by atomic mass is 35.5. The second-order valence-electron chi connectivity index (χ2n) is 6.79. The summed E-state index contributed by atoms with van der Waals surface area (Å²) in [6, 6.07) is 4.00. The molecule has 1 N–H and O–H groups in total. The van der Waals surface area contributed by atoms with Crippen molar-refractivity contribution in [1.29, 1.82) is 0 Å². The molecule has 1 aliphatic rings. The lowest BCUT2D eigenvalue weighted by Crippen LogP contribution is -2.48. The number of piperazine rings is 1. The number of nitrogens with zero attached hydrogens (tertiary/aromatic N) is 3. The first-order valence-electron chi connectivity index (χ1n) is 8.76. The lowest BCUT2D eigenvalue weighted by atomic mass is 10.2. The summed E-state index contributed by atoms with van der Waals surface area (Å²) in [6.45, 7) is 11.4. The predicted molar refractivity (Wildman–Crippen MR) is 106 cm³/mol. The Hall–Kier alpha value is -1.37. The zero-order chi connectivity index (χ0) is 18.0.